The number of unbranched alkanes of at least 4 members (excludes halogenated alkanes) is 20. The van der Waals surface area contributed by atoms with Crippen LogP contribution in [0.1, 0.15) is 187 Å². The molecule has 0 amide bonds. The standard InChI is InChI=1S/C43H85NO3Si/c1-7-9-11-13-15-17-19-21-23-25-27-29-31-33-35-37-42-46-48(5,6)47-43(45-41-38-40-44(3)4)39-36-34-32-30-28-26-24-22-20-18-16-14-12-10-8-2/h15,17,21-24,43H,7-14,16,18-20,25-42H2,1-6H3/b17-15-,23-21-,24-22-. The van der Waals surface area contributed by atoms with Crippen LogP contribution in [0.3, 0.4) is 0 Å². The molecule has 0 aromatic rings. The van der Waals surface area contributed by atoms with E-state index in [1.807, 2.05) is 0 Å². The van der Waals surface area contributed by atoms with E-state index in [1.165, 1.54) is 148 Å². The van der Waals surface area contributed by atoms with Gasteiger partial charge in [0.05, 0.1) is 6.61 Å². The molecule has 1 atom stereocenters. The van der Waals surface area contributed by atoms with E-state index in [4.69, 9.17) is 13.6 Å². The molecule has 0 saturated carbocycles. The Labute approximate surface area is 303 Å². The minimum atomic E-state index is -2.22. The van der Waals surface area contributed by atoms with Gasteiger partial charge in [-0.3, -0.25) is 0 Å². The number of rotatable bonds is 38. The van der Waals surface area contributed by atoms with E-state index in [0.29, 0.717) is 0 Å². The molecule has 284 valence electrons. The van der Waals surface area contributed by atoms with E-state index in [9.17, 15) is 0 Å². The first kappa shape index (κ1) is 47.3. The quantitative estimate of drug-likeness (QED) is 0.0279. The van der Waals surface area contributed by atoms with Gasteiger partial charge in [-0.25, -0.2) is 0 Å². The molecule has 0 rings (SSSR count). The van der Waals surface area contributed by atoms with Gasteiger partial charge in [0.25, 0.3) is 0 Å². The van der Waals surface area contributed by atoms with Gasteiger partial charge in [0.2, 0.25) is 0 Å². The van der Waals surface area contributed by atoms with Crippen molar-refractivity contribution in [2.75, 3.05) is 33.9 Å². The lowest BCUT2D eigenvalue weighted by molar-refractivity contribution is -0.104. The summed E-state index contributed by atoms with van der Waals surface area (Å²) < 4.78 is 19.2. The van der Waals surface area contributed by atoms with Crippen LogP contribution >= 0.6 is 0 Å². The normalized spacial score (nSPS) is 13.3. The Morgan fingerprint density at radius 2 is 0.938 bits per heavy atom. The smallest absolute Gasteiger partial charge is 0.333 e. The first-order valence-corrected chi connectivity index (χ1v) is 23.8. The third-order valence-corrected chi connectivity index (χ3v) is 10.7. The Bertz CT molecular complexity index is 721. The second-order valence-corrected chi connectivity index (χ2v) is 18.1. The van der Waals surface area contributed by atoms with Crippen molar-refractivity contribution in [1.82, 2.24) is 4.90 Å². The highest BCUT2D eigenvalue weighted by molar-refractivity contribution is 6.64. The molecule has 1 unspecified atom stereocenters. The summed E-state index contributed by atoms with van der Waals surface area (Å²) in [6.07, 6.45) is 48.5. The maximum Gasteiger partial charge on any atom is 0.333 e. The molecule has 0 radical (unpaired) electrons. The highest BCUT2D eigenvalue weighted by atomic mass is 28.4. The first-order chi connectivity index (χ1) is 23.4. The van der Waals surface area contributed by atoms with Crippen molar-refractivity contribution in [3.05, 3.63) is 36.5 Å². The SMILES string of the molecule is CCCCC/C=C\C/C=C\CCCCCCCCO[Si](C)(C)OC(CCCCCCC/C=C\CCCCCCCC)OCCCN(C)C. The molecule has 48 heavy (non-hydrogen) atoms. The molecule has 0 N–H and O–H groups in total. The van der Waals surface area contributed by atoms with E-state index in [-0.39, 0.29) is 6.29 Å². The molecule has 0 aliphatic carbocycles. The van der Waals surface area contributed by atoms with Crippen molar-refractivity contribution in [2.24, 2.45) is 0 Å². The van der Waals surface area contributed by atoms with E-state index < -0.39 is 8.56 Å². The molecule has 4 nitrogen and oxygen atoms in total. The summed E-state index contributed by atoms with van der Waals surface area (Å²) in [5.41, 5.74) is 0. The summed E-state index contributed by atoms with van der Waals surface area (Å²) in [5, 5.41) is 0. The van der Waals surface area contributed by atoms with Crippen molar-refractivity contribution in [1.29, 1.82) is 0 Å². The molecule has 0 aliphatic heterocycles. The van der Waals surface area contributed by atoms with Gasteiger partial charge in [0.15, 0.2) is 0 Å². The van der Waals surface area contributed by atoms with E-state index in [0.717, 1.165) is 45.4 Å². The van der Waals surface area contributed by atoms with Crippen LogP contribution in [0.4, 0.5) is 0 Å². The van der Waals surface area contributed by atoms with E-state index >= 15 is 0 Å². The van der Waals surface area contributed by atoms with Gasteiger partial charge >= 0.3 is 8.56 Å². The van der Waals surface area contributed by atoms with Crippen LogP contribution in [0, 0.1) is 0 Å². The largest absolute Gasteiger partial charge is 0.394 e. The lowest BCUT2D eigenvalue weighted by Gasteiger charge is -2.29. The molecule has 0 aromatic heterocycles. The van der Waals surface area contributed by atoms with Crippen molar-refractivity contribution in [3.8, 4) is 0 Å². The highest BCUT2D eigenvalue weighted by Gasteiger charge is 2.29. The summed E-state index contributed by atoms with van der Waals surface area (Å²) >= 11 is 0. The zero-order chi connectivity index (χ0) is 35.2. The molecule has 0 fully saturated rings. The second kappa shape index (κ2) is 37.5. The fourth-order valence-corrected chi connectivity index (χ4v) is 7.44. The van der Waals surface area contributed by atoms with Crippen molar-refractivity contribution in [3.63, 3.8) is 0 Å². The summed E-state index contributed by atoms with van der Waals surface area (Å²) in [5.74, 6) is 0. The van der Waals surface area contributed by atoms with Crippen LogP contribution in [-0.2, 0) is 13.6 Å². The van der Waals surface area contributed by atoms with Crippen LogP contribution in [0.5, 0.6) is 0 Å². The third-order valence-electron chi connectivity index (χ3n) is 8.96. The van der Waals surface area contributed by atoms with E-state index in [2.05, 4.69) is 82.4 Å². The summed E-state index contributed by atoms with van der Waals surface area (Å²) in [4.78, 5) is 2.22. The van der Waals surface area contributed by atoms with Crippen LogP contribution in [0.2, 0.25) is 13.1 Å². The predicted octanol–water partition coefficient (Wildman–Crippen LogP) is 13.9. The molecule has 0 bridgehead atoms. The average Bonchev–Trinajstić information content (AvgIpc) is 3.05. The minimum Gasteiger partial charge on any atom is -0.394 e. The first-order valence-electron chi connectivity index (χ1n) is 20.9. The molecule has 0 saturated heterocycles. The van der Waals surface area contributed by atoms with Gasteiger partial charge in [0.1, 0.15) is 6.29 Å². The Morgan fingerprint density at radius 3 is 1.48 bits per heavy atom. The maximum atomic E-state index is 6.55. The van der Waals surface area contributed by atoms with Crippen LogP contribution in [0.15, 0.2) is 36.5 Å². The predicted molar refractivity (Wildman–Crippen MR) is 216 cm³/mol. The van der Waals surface area contributed by atoms with Gasteiger partial charge < -0.3 is 18.5 Å². The number of nitrogens with zero attached hydrogens (tertiary/aromatic N) is 1. The monoisotopic (exact) mass is 692 g/mol. The lowest BCUT2D eigenvalue weighted by atomic mass is 10.1. The zero-order valence-corrected chi connectivity index (χ0v) is 34.4. The molecular formula is C43H85NO3Si. The number of ether oxygens (including phenoxy) is 1. The van der Waals surface area contributed by atoms with Gasteiger partial charge in [-0.15, -0.1) is 0 Å². The molecule has 0 heterocycles. The number of allylic oxidation sites excluding steroid dienone is 6. The molecule has 0 spiro atoms. The Balaban J connectivity index is 4.03. The molecular weight excluding hydrogens is 607 g/mol. The maximum absolute atomic E-state index is 6.55. The Hall–Kier alpha value is -0.723. The second-order valence-electron chi connectivity index (χ2n) is 14.8. The van der Waals surface area contributed by atoms with Crippen molar-refractivity contribution in [2.45, 2.75) is 207 Å². The molecule has 0 aromatic carbocycles. The van der Waals surface area contributed by atoms with Crippen LogP contribution in [-0.4, -0.2) is 53.6 Å². The average molecular weight is 692 g/mol. The summed E-state index contributed by atoms with van der Waals surface area (Å²) in [6, 6.07) is 0. The highest BCUT2D eigenvalue weighted by Crippen LogP contribution is 2.19. The van der Waals surface area contributed by atoms with Crippen molar-refractivity contribution < 1.29 is 13.6 Å². The van der Waals surface area contributed by atoms with Gasteiger partial charge in [-0.05, 0) is 117 Å². The van der Waals surface area contributed by atoms with Crippen molar-refractivity contribution >= 4 is 8.56 Å². The lowest BCUT2D eigenvalue weighted by Crippen LogP contribution is -2.40. The van der Waals surface area contributed by atoms with Gasteiger partial charge in [0, 0.05) is 6.61 Å². The minimum absolute atomic E-state index is 0.130. The summed E-state index contributed by atoms with van der Waals surface area (Å²) in [7, 11) is 2.02. The van der Waals surface area contributed by atoms with Crippen LogP contribution < -0.4 is 0 Å². The van der Waals surface area contributed by atoms with Gasteiger partial charge in [-0.1, -0.05) is 140 Å². The third kappa shape index (κ3) is 38.1. The van der Waals surface area contributed by atoms with E-state index in [1.54, 1.807) is 0 Å². The number of hydrogen-bond acceptors (Lipinski definition) is 4. The Morgan fingerprint density at radius 1 is 0.500 bits per heavy atom. The zero-order valence-electron chi connectivity index (χ0n) is 33.4. The molecule has 0 aliphatic rings. The Kier molecular flexibility index (Phi) is 37.0. The number of hydrogen-bond donors (Lipinski definition) is 0. The van der Waals surface area contributed by atoms with Crippen LogP contribution in [0.25, 0.3) is 0 Å². The van der Waals surface area contributed by atoms with Gasteiger partial charge in [-0.2, -0.15) is 0 Å². The fraction of sp³-hybridized carbons (Fsp3) is 0.860. The fourth-order valence-electron chi connectivity index (χ4n) is 5.91. The summed E-state index contributed by atoms with van der Waals surface area (Å²) in [6.45, 7) is 11.6. The molecule has 5 heteroatoms. The topological polar surface area (TPSA) is 30.9 Å².